The van der Waals surface area contributed by atoms with Gasteiger partial charge in [0.1, 0.15) is 5.76 Å². The zero-order valence-corrected chi connectivity index (χ0v) is 9.92. The van der Waals surface area contributed by atoms with Crippen LogP contribution in [0.15, 0.2) is 11.5 Å². The fourth-order valence-electron chi connectivity index (χ4n) is 1.78. The van der Waals surface area contributed by atoms with Crippen molar-refractivity contribution in [3.05, 3.63) is 11.5 Å². The molecule has 0 N–H and O–H groups in total. The normalized spacial score (nSPS) is 25.2. The lowest BCUT2D eigenvalue weighted by atomic mass is 10.0. The Balaban J connectivity index is 2.73. The molecule has 0 bridgehead atoms. The van der Waals surface area contributed by atoms with E-state index < -0.39 is 11.8 Å². The Morgan fingerprint density at radius 3 is 2.53 bits per heavy atom. The molecular formula is C11H18O4. The van der Waals surface area contributed by atoms with Crippen molar-refractivity contribution in [3.63, 3.8) is 0 Å². The maximum Gasteiger partial charge on any atom is 0.377 e. The topological polar surface area (TPSA) is 44.8 Å². The third-order valence-corrected chi connectivity index (χ3v) is 2.16. The van der Waals surface area contributed by atoms with Gasteiger partial charge in [0.15, 0.2) is 0 Å². The Hall–Kier alpha value is -1.19. The lowest BCUT2D eigenvalue weighted by molar-refractivity contribution is -0.164. The van der Waals surface area contributed by atoms with Gasteiger partial charge in [0.25, 0.3) is 0 Å². The molecule has 1 aliphatic heterocycles. The van der Waals surface area contributed by atoms with Crippen LogP contribution in [0.4, 0.5) is 0 Å². The van der Waals surface area contributed by atoms with Gasteiger partial charge in [-0.15, -0.1) is 0 Å². The van der Waals surface area contributed by atoms with Gasteiger partial charge in [-0.3, -0.25) is 0 Å². The van der Waals surface area contributed by atoms with Crippen molar-refractivity contribution in [2.75, 3.05) is 7.11 Å². The van der Waals surface area contributed by atoms with E-state index in [1.165, 1.54) is 7.11 Å². The molecule has 0 spiro atoms. The van der Waals surface area contributed by atoms with E-state index in [2.05, 4.69) is 18.6 Å². The van der Waals surface area contributed by atoms with E-state index >= 15 is 0 Å². The van der Waals surface area contributed by atoms with Crippen LogP contribution in [0, 0.1) is 5.92 Å². The molecule has 0 amide bonds. The summed E-state index contributed by atoms with van der Waals surface area (Å²) in [5, 5.41) is 0. The Morgan fingerprint density at radius 2 is 2.07 bits per heavy atom. The highest BCUT2D eigenvalue weighted by Gasteiger charge is 2.40. The first-order valence-electron chi connectivity index (χ1n) is 5.05. The zero-order chi connectivity index (χ0) is 11.6. The number of esters is 1. The van der Waals surface area contributed by atoms with Crippen LogP contribution in [0.5, 0.6) is 0 Å². The quantitative estimate of drug-likeness (QED) is 0.675. The Labute approximate surface area is 90.2 Å². The van der Waals surface area contributed by atoms with E-state index in [0.29, 0.717) is 11.7 Å². The summed E-state index contributed by atoms with van der Waals surface area (Å²) in [7, 11) is 1.32. The van der Waals surface area contributed by atoms with Crippen molar-refractivity contribution in [2.24, 2.45) is 5.92 Å². The van der Waals surface area contributed by atoms with Crippen molar-refractivity contribution < 1.29 is 19.0 Å². The Morgan fingerprint density at radius 1 is 1.47 bits per heavy atom. The highest BCUT2D eigenvalue weighted by molar-refractivity contribution is 5.87. The maximum absolute atomic E-state index is 11.3. The third-order valence-electron chi connectivity index (χ3n) is 2.16. The summed E-state index contributed by atoms with van der Waals surface area (Å²) in [6.07, 6.45) is 0.727. The van der Waals surface area contributed by atoms with Crippen LogP contribution in [0.25, 0.3) is 0 Å². The third kappa shape index (κ3) is 2.64. The summed E-state index contributed by atoms with van der Waals surface area (Å²) >= 11 is 0. The number of allylic oxidation sites excluding steroid dienone is 1. The van der Waals surface area contributed by atoms with Crippen LogP contribution in [0.1, 0.15) is 34.1 Å². The Bertz CT molecular complexity index is 293. The first-order valence-corrected chi connectivity index (χ1v) is 5.05. The molecule has 1 rings (SSSR count). The molecule has 1 aliphatic rings. The fraction of sp³-hybridized carbons (Fsp3) is 0.727. The molecule has 0 aromatic rings. The van der Waals surface area contributed by atoms with E-state index in [0.717, 1.165) is 6.42 Å². The lowest BCUT2D eigenvalue weighted by Crippen LogP contribution is -2.29. The average Bonchev–Trinajstić information content (AvgIpc) is 2.38. The minimum absolute atomic E-state index is 0.181. The number of carbonyl (C=O) groups excluding carboxylic acids is 1. The molecule has 1 unspecified atom stereocenters. The summed E-state index contributed by atoms with van der Waals surface area (Å²) in [6, 6.07) is 0. The summed E-state index contributed by atoms with van der Waals surface area (Å²) in [4.78, 5) is 11.3. The summed E-state index contributed by atoms with van der Waals surface area (Å²) in [5.74, 6) is -0.118. The van der Waals surface area contributed by atoms with Crippen LogP contribution in [-0.4, -0.2) is 18.9 Å². The van der Waals surface area contributed by atoms with Crippen molar-refractivity contribution in [2.45, 2.75) is 39.9 Å². The van der Waals surface area contributed by atoms with Gasteiger partial charge in [0, 0.05) is 13.3 Å². The fourth-order valence-corrected chi connectivity index (χ4v) is 1.78. The van der Waals surface area contributed by atoms with Crippen molar-refractivity contribution in [1.29, 1.82) is 0 Å². The van der Waals surface area contributed by atoms with Crippen molar-refractivity contribution in [3.8, 4) is 0 Å². The number of hydrogen-bond donors (Lipinski definition) is 0. The molecule has 4 heteroatoms. The standard InChI is InChI=1S/C11H18O4/c1-7(2)6-11(4)14-8(3)9(15-11)10(12)13-5/h7H,6H2,1-5H3. The van der Waals surface area contributed by atoms with Crippen LogP contribution < -0.4 is 0 Å². The number of rotatable bonds is 3. The average molecular weight is 214 g/mol. The minimum Gasteiger partial charge on any atom is -0.463 e. The summed E-state index contributed by atoms with van der Waals surface area (Å²) < 4.78 is 15.7. The van der Waals surface area contributed by atoms with E-state index in [1.807, 2.05) is 6.92 Å². The summed E-state index contributed by atoms with van der Waals surface area (Å²) in [5.41, 5.74) is 0. The Kier molecular flexibility index (Phi) is 3.27. The van der Waals surface area contributed by atoms with Crippen LogP contribution in [0.3, 0.4) is 0 Å². The van der Waals surface area contributed by atoms with E-state index in [4.69, 9.17) is 9.47 Å². The second-order valence-electron chi connectivity index (χ2n) is 4.31. The van der Waals surface area contributed by atoms with E-state index in [-0.39, 0.29) is 5.76 Å². The van der Waals surface area contributed by atoms with Crippen LogP contribution in [0.2, 0.25) is 0 Å². The van der Waals surface area contributed by atoms with Crippen molar-refractivity contribution in [1.82, 2.24) is 0 Å². The highest BCUT2D eigenvalue weighted by Crippen LogP contribution is 2.35. The van der Waals surface area contributed by atoms with Gasteiger partial charge in [0.2, 0.25) is 11.5 Å². The molecule has 4 nitrogen and oxygen atoms in total. The minimum atomic E-state index is -0.734. The predicted molar refractivity (Wildman–Crippen MR) is 54.7 cm³/mol. The molecule has 0 aliphatic carbocycles. The number of carbonyl (C=O) groups is 1. The lowest BCUT2D eigenvalue weighted by Gasteiger charge is -2.25. The van der Waals surface area contributed by atoms with Gasteiger partial charge in [-0.1, -0.05) is 13.8 Å². The first kappa shape index (κ1) is 11.9. The van der Waals surface area contributed by atoms with Crippen molar-refractivity contribution >= 4 is 5.97 Å². The zero-order valence-electron chi connectivity index (χ0n) is 9.92. The molecule has 0 fully saturated rings. The number of ether oxygens (including phenoxy) is 3. The molecule has 15 heavy (non-hydrogen) atoms. The first-order chi connectivity index (χ1) is 6.88. The van der Waals surface area contributed by atoms with E-state index in [1.54, 1.807) is 6.92 Å². The maximum atomic E-state index is 11.3. The van der Waals surface area contributed by atoms with Gasteiger partial charge in [-0.2, -0.15) is 0 Å². The van der Waals surface area contributed by atoms with Gasteiger partial charge >= 0.3 is 5.97 Å². The van der Waals surface area contributed by atoms with E-state index in [9.17, 15) is 4.79 Å². The largest absolute Gasteiger partial charge is 0.463 e. The molecule has 0 saturated heterocycles. The summed E-state index contributed by atoms with van der Waals surface area (Å²) in [6.45, 7) is 7.68. The second-order valence-corrected chi connectivity index (χ2v) is 4.31. The molecule has 1 heterocycles. The van der Waals surface area contributed by atoms with Gasteiger partial charge in [0.05, 0.1) is 7.11 Å². The molecule has 0 saturated carbocycles. The molecule has 0 aromatic heterocycles. The van der Waals surface area contributed by atoms with Crippen LogP contribution >= 0.6 is 0 Å². The monoisotopic (exact) mass is 214 g/mol. The van der Waals surface area contributed by atoms with Gasteiger partial charge in [-0.25, -0.2) is 4.79 Å². The predicted octanol–water partition coefficient (Wildman–Crippen LogP) is 2.20. The highest BCUT2D eigenvalue weighted by atomic mass is 16.7. The van der Waals surface area contributed by atoms with Crippen LogP contribution in [-0.2, 0) is 19.0 Å². The number of methoxy groups -OCH3 is 1. The molecular weight excluding hydrogens is 196 g/mol. The number of hydrogen-bond acceptors (Lipinski definition) is 4. The molecule has 0 aromatic carbocycles. The molecule has 86 valence electrons. The van der Waals surface area contributed by atoms with Gasteiger partial charge in [-0.05, 0) is 12.8 Å². The molecule has 0 radical (unpaired) electrons. The molecule has 1 atom stereocenters. The smallest absolute Gasteiger partial charge is 0.377 e. The SMILES string of the molecule is COC(=O)C1=C(C)OC(C)(CC(C)C)O1. The van der Waals surface area contributed by atoms with Gasteiger partial charge < -0.3 is 14.2 Å². The second kappa shape index (κ2) is 4.13.